The molecule has 0 aromatic rings. The average Bonchev–Trinajstić information content (AvgIpc) is 2.25. The van der Waals surface area contributed by atoms with E-state index in [1.807, 2.05) is 0 Å². The van der Waals surface area contributed by atoms with E-state index in [1.54, 1.807) is 0 Å². The smallest absolute Gasteiger partial charge is 0.321 e. The maximum absolute atomic E-state index is 10.8. The van der Waals surface area contributed by atoms with Crippen molar-refractivity contribution in [2.24, 2.45) is 11.8 Å². The van der Waals surface area contributed by atoms with Crippen LogP contribution in [0.2, 0.25) is 0 Å². The molecule has 0 unspecified atom stereocenters. The first-order chi connectivity index (χ1) is 5.20. The van der Waals surface area contributed by atoms with Gasteiger partial charge in [0.2, 0.25) is 0 Å². The topological polar surface area (TPSA) is 66.4 Å². The number of carboxylic acids is 1. The third kappa shape index (κ3) is 0.790. The molecule has 0 aromatic carbocycles. The predicted octanol–water partition coefficient (Wildman–Crippen LogP) is -0.752. The molecule has 0 bridgehead atoms. The monoisotopic (exact) mass is 155 g/mol. The predicted molar refractivity (Wildman–Crippen MR) is 36.0 cm³/mol. The zero-order valence-corrected chi connectivity index (χ0v) is 5.91. The van der Waals surface area contributed by atoms with Crippen LogP contribution in [0.15, 0.2) is 0 Å². The van der Waals surface area contributed by atoms with E-state index >= 15 is 0 Å². The molecule has 1 heterocycles. The van der Waals surface area contributed by atoms with Gasteiger partial charge in [-0.25, -0.2) is 0 Å². The number of Topliss-reactive ketones (excluding diaryl/α,β-unsaturated/α-hetero) is 1. The molecule has 3 atom stereocenters. The maximum atomic E-state index is 10.8. The summed E-state index contributed by atoms with van der Waals surface area (Å²) in [6, 6.07) is -0.474. The van der Waals surface area contributed by atoms with Crippen LogP contribution >= 0.6 is 0 Å². The van der Waals surface area contributed by atoms with Gasteiger partial charge in [-0.1, -0.05) is 0 Å². The van der Waals surface area contributed by atoms with Crippen LogP contribution in [0.5, 0.6) is 0 Å². The van der Waals surface area contributed by atoms with Crippen molar-refractivity contribution in [1.82, 2.24) is 5.32 Å². The van der Waals surface area contributed by atoms with E-state index in [0.717, 1.165) is 0 Å². The molecule has 11 heavy (non-hydrogen) atoms. The number of ketones is 1. The first-order valence-electron chi connectivity index (χ1n) is 3.69. The Morgan fingerprint density at radius 2 is 2.36 bits per heavy atom. The fourth-order valence-corrected chi connectivity index (χ4v) is 1.90. The van der Waals surface area contributed by atoms with Gasteiger partial charge in [0.05, 0.1) is 0 Å². The maximum Gasteiger partial charge on any atom is 0.321 e. The van der Waals surface area contributed by atoms with E-state index in [-0.39, 0.29) is 17.6 Å². The molecular formula is C7H9NO3. The van der Waals surface area contributed by atoms with E-state index < -0.39 is 12.0 Å². The third-order valence-electron chi connectivity index (χ3n) is 2.62. The van der Waals surface area contributed by atoms with Crippen LogP contribution < -0.4 is 5.32 Å². The van der Waals surface area contributed by atoms with Crippen LogP contribution in [-0.2, 0) is 9.59 Å². The Morgan fingerprint density at radius 1 is 1.64 bits per heavy atom. The van der Waals surface area contributed by atoms with Crippen molar-refractivity contribution in [2.45, 2.75) is 12.5 Å². The molecule has 1 saturated heterocycles. The van der Waals surface area contributed by atoms with Crippen molar-refractivity contribution in [1.29, 1.82) is 0 Å². The number of rotatable bonds is 1. The zero-order chi connectivity index (χ0) is 8.01. The Labute approximate surface area is 63.6 Å². The van der Waals surface area contributed by atoms with Gasteiger partial charge in [0.25, 0.3) is 0 Å². The van der Waals surface area contributed by atoms with Crippen LogP contribution in [0.4, 0.5) is 0 Å². The number of aliphatic carboxylic acids is 1. The summed E-state index contributed by atoms with van der Waals surface area (Å²) < 4.78 is 0. The van der Waals surface area contributed by atoms with Gasteiger partial charge >= 0.3 is 5.97 Å². The quantitative estimate of drug-likeness (QED) is 0.522. The van der Waals surface area contributed by atoms with Crippen molar-refractivity contribution in [2.75, 3.05) is 6.54 Å². The van der Waals surface area contributed by atoms with E-state index in [0.29, 0.717) is 13.0 Å². The molecule has 1 aliphatic heterocycles. The summed E-state index contributed by atoms with van der Waals surface area (Å²) in [5.74, 6) is -0.549. The molecule has 4 nitrogen and oxygen atoms in total. The van der Waals surface area contributed by atoms with E-state index in [9.17, 15) is 9.59 Å². The summed E-state index contributed by atoms with van der Waals surface area (Å²) in [4.78, 5) is 21.4. The second-order valence-electron chi connectivity index (χ2n) is 3.16. The number of carbonyl (C=O) groups excluding carboxylic acids is 1. The minimum atomic E-state index is -0.829. The minimum absolute atomic E-state index is 0.00361. The fourth-order valence-electron chi connectivity index (χ4n) is 1.90. The van der Waals surface area contributed by atoms with E-state index in [1.165, 1.54) is 0 Å². The van der Waals surface area contributed by atoms with Crippen molar-refractivity contribution in [3.63, 3.8) is 0 Å². The summed E-state index contributed by atoms with van der Waals surface area (Å²) in [7, 11) is 0. The molecular weight excluding hydrogens is 146 g/mol. The molecule has 2 fully saturated rings. The van der Waals surface area contributed by atoms with E-state index in [4.69, 9.17) is 5.11 Å². The summed E-state index contributed by atoms with van der Waals surface area (Å²) >= 11 is 0. The van der Waals surface area contributed by atoms with Gasteiger partial charge in [-0.2, -0.15) is 0 Å². The Bertz CT molecular complexity index is 226. The van der Waals surface area contributed by atoms with Crippen molar-refractivity contribution < 1.29 is 14.7 Å². The first kappa shape index (κ1) is 6.79. The van der Waals surface area contributed by atoms with Gasteiger partial charge in [-0.15, -0.1) is 0 Å². The normalized spacial score (nSPS) is 41.5. The van der Waals surface area contributed by atoms with Gasteiger partial charge in [0.15, 0.2) is 0 Å². The number of carbonyl (C=O) groups is 2. The Balaban J connectivity index is 2.09. The van der Waals surface area contributed by atoms with Gasteiger partial charge in [-0.05, 0) is 0 Å². The number of nitrogens with one attached hydrogen (secondary N) is 1. The summed E-state index contributed by atoms with van der Waals surface area (Å²) in [5.41, 5.74) is 0. The van der Waals surface area contributed by atoms with Crippen LogP contribution in [-0.4, -0.2) is 29.4 Å². The Kier molecular flexibility index (Phi) is 1.26. The molecule has 2 aliphatic rings. The summed E-state index contributed by atoms with van der Waals surface area (Å²) in [5, 5.41) is 11.5. The lowest BCUT2D eigenvalue weighted by Crippen LogP contribution is -2.43. The molecule has 0 radical (unpaired) electrons. The van der Waals surface area contributed by atoms with Gasteiger partial charge in [0, 0.05) is 24.8 Å². The molecule has 1 aliphatic carbocycles. The van der Waals surface area contributed by atoms with Gasteiger partial charge in [-0.3, -0.25) is 9.59 Å². The van der Waals surface area contributed by atoms with Crippen molar-refractivity contribution in [3.8, 4) is 0 Å². The number of hydrogen-bond donors (Lipinski definition) is 2. The molecule has 1 saturated carbocycles. The SMILES string of the molecule is O=C1C[C@@H]2[C@H]1CN[C@H]2C(=O)O. The number of hydrogen-bond acceptors (Lipinski definition) is 3. The Hall–Kier alpha value is -0.900. The standard InChI is InChI=1S/C7H9NO3/c9-5-1-3-4(5)2-8-6(3)7(10)11/h3-4,6,8H,1-2H2,(H,10,11)/t3-,4-,6-/m1/s1. The molecule has 0 spiro atoms. The molecule has 0 aromatic heterocycles. The zero-order valence-electron chi connectivity index (χ0n) is 5.91. The molecule has 60 valence electrons. The van der Waals surface area contributed by atoms with Crippen LogP contribution in [0.1, 0.15) is 6.42 Å². The highest BCUT2D eigenvalue weighted by Crippen LogP contribution is 2.37. The molecule has 0 amide bonds. The average molecular weight is 155 g/mol. The Morgan fingerprint density at radius 3 is 2.82 bits per heavy atom. The first-order valence-corrected chi connectivity index (χ1v) is 3.69. The lowest BCUT2D eigenvalue weighted by atomic mass is 9.72. The van der Waals surface area contributed by atoms with Crippen LogP contribution in [0.3, 0.4) is 0 Å². The minimum Gasteiger partial charge on any atom is -0.480 e. The van der Waals surface area contributed by atoms with Gasteiger partial charge in [0.1, 0.15) is 11.8 Å². The number of fused-ring (bicyclic) bond motifs is 1. The summed E-state index contributed by atoms with van der Waals surface area (Å²) in [6.07, 6.45) is 0.453. The highest BCUT2D eigenvalue weighted by molar-refractivity contribution is 5.91. The van der Waals surface area contributed by atoms with Crippen molar-refractivity contribution >= 4 is 11.8 Å². The van der Waals surface area contributed by atoms with Gasteiger partial charge < -0.3 is 10.4 Å². The van der Waals surface area contributed by atoms with Crippen LogP contribution in [0.25, 0.3) is 0 Å². The van der Waals surface area contributed by atoms with Crippen LogP contribution in [0, 0.1) is 11.8 Å². The largest absolute Gasteiger partial charge is 0.480 e. The summed E-state index contributed by atoms with van der Waals surface area (Å²) in [6.45, 7) is 0.556. The molecule has 2 rings (SSSR count). The van der Waals surface area contributed by atoms with Crippen molar-refractivity contribution in [3.05, 3.63) is 0 Å². The molecule has 2 N–H and O–H groups in total. The lowest BCUT2D eigenvalue weighted by molar-refractivity contribution is -0.143. The second-order valence-corrected chi connectivity index (χ2v) is 3.16. The fraction of sp³-hybridized carbons (Fsp3) is 0.714. The lowest BCUT2D eigenvalue weighted by Gasteiger charge is -2.29. The van der Waals surface area contributed by atoms with E-state index in [2.05, 4.69) is 5.32 Å². The highest BCUT2D eigenvalue weighted by Gasteiger charge is 2.51. The second kappa shape index (κ2) is 2.04. The molecule has 4 heteroatoms. The third-order valence-corrected chi connectivity index (χ3v) is 2.62. The highest BCUT2D eigenvalue weighted by atomic mass is 16.4. The number of carboxylic acid groups (broad SMARTS) is 1.